The molecule has 0 spiro atoms. The van der Waals surface area contributed by atoms with E-state index in [-0.39, 0.29) is 6.10 Å². The second kappa shape index (κ2) is 4.67. The Labute approximate surface area is 50.7 Å². The monoisotopic (exact) mass is 112 g/mol. The van der Waals surface area contributed by atoms with Gasteiger partial charge in [-0.2, -0.15) is 0 Å². The maximum absolute atomic E-state index is 8.89. The Morgan fingerprint density at radius 1 is 1.75 bits per heavy atom. The van der Waals surface area contributed by atoms with Crippen LogP contribution in [0.3, 0.4) is 0 Å². The minimum atomic E-state index is -0.189. The van der Waals surface area contributed by atoms with Gasteiger partial charge >= 0.3 is 0 Å². The zero-order chi connectivity index (χ0) is 6.41. The number of hydrogen-bond donors (Lipinski definition) is 1. The molecule has 0 aromatic heterocycles. The lowest BCUT2D eigenvalue weighted by molar-refractivity contribution is 0.162. The topological polar surface area (TPSA) is 20.2 Å². The van der Waals surface area contributed by atoms with Crippen LogP contribution in [0, 0.1) is 12.3 Å². The molecule has 0 aliphatic rings. The summed E-state index contributed by atoms with van der Waals surface area (Å²) in [6, 6.07) is 0. The van der Waals surface area contributed by atoms with Gasteiger partial charge in [-0.3, -0.25) is 0 Å². The van der Waals surface area contributed by atoms with Crippen LogP contribution in [0.1, 0.15) is 26.2 Å². The predicted molar refractivity (Wildman–Crippen MR) is 34.4 cm³/mol. The van der Waals surface area contributed by atoms with Crippen LogP contribution in [0.5, 0.6) is 0 Å². The van der Waals surface area contributed by atoms with Gasteiger partial charge in [-0.15, -0.1) is 12.3 Å². The van der Waals surface area contributed by atoms with Crippen LogP contribution in [-0.2, 0) is 0 Å². The lowest BCUT2D eigenvalue weighted by Gasteiger charge is -2.01. The highest BCUT2D eigenvalue weighted by Gasteiger charge is 1.95. The fourth-order valence-corrected chi connectivity index (χ4v) is 0.454. The number of aliphatic hydroxyl groups excluding tert-OH is 1. The molecule has 0 saturated heterocycles. The summed E-state index contributed by atoms with van der Waals surface area (Å²) in [4.78, 5) is 0. The lowest BCUT2D eigenvalue weighted by atomic mass is 10.2. The highest BCUT2D eigenvalue weighted by molar-refractivity contribution is 4.83. The molecular weight excluding hydrogens is 100 g/mol. The SMILES string of the molecule is C#CCCC(O)CC. The largest absolute Gasteiger partial charge is 0.393 e. The number of hydrogen-bond acceptors (Lipinski definition) is 1. The molecule has 0 radical (unpaired) electrons. The Hall–Kier alpha value is -0.480. The molecule has 46 valence electrons. The van der Waals surface area contributed by atoms with E-state index in [0.717, 1.165) is 12.8 Å². The summed E-state index contributed by atoms with van der Waals surface area (Å²) in [6.45, 7) is 1.95. The van der Waals surface area contributed by atoms with Crippen molar-refractivity contribution in [1.29, 1.82) is 0 Å². The first kappa shape index (κ1) is 7.52. The second-order valence-electron chi connectivity index (χ2n) is 1.80. The average Bonchev–Trinajstić information content (AvgIpc) is 1.83. The van der Waals surface area contributed by atoms with Gasteiger partial charge in [0, 0.05) is 6.42 Å². The third kappa shape index (κ3) is 3.70. The summed E-state index contributed by atoms with van der Waals surface area (Å²) < 4.78 is 0. The van der Waals surface area contributed by atoms with Crippen LogP contribution >= 0.6 is 0 Å². The lowest BCUT2D eigenvalue weighted by Crippen LogP contribution is -2.02. The van der Waals surface area contributed by atoms with E-state index in [1.54, 1.807) is 0 Å². The highest BCUT2D eigenvalue weighted by atomic mass is 16.3. The number of aliphatic hydroxyl groups is 1. The molecule has 0 fully saturated rings. The molecule has 0 aromatic rings. The molecular formula is C7H12O. The van der Waals surface area contributed by atoms with E-state index in [1.165, 1.54) is 0 Å². The molecule has 0 aromatic carbocycles. The van der Waals surface area contributed by atoms with Crippen LogP contribution in [-0.4, -0.2) is 11.2 Å². The van der Waals surface area contributed by atoms with Gasteiger partial charge in [0.1, 0.15) is 0 Å². The Balaban J connectivity index is 3.01. The van der Waals surface area contributed by atoms with Crippen molar-refractivity contribution in [1.82, 2.24) is 0 Å². The number of terminal acetylenes is 1. The van der Waals surface area contributed by atoms with E-state index in [4.69, 9.17) is 11.5 Å². The Kier molecular flexibility index (Phi) is 4.39. The molecule has 1 nitrogen and oxygen atoms in total. The summed E-state index contributed by atoms with van der Waals surface area (Å²) in [5.74, 6) is 2.47. The van der Waals surface area contributed by atoms with Gasteiger partial charge in [0.2, 0.25) is 0 Å². The van der Waals surface area contributed by atoms with Gasteiger partial charge in [-0.1, -0.05) is 6.92 Å². The molecule has 0 amide bonds. The van der Waals surface area contributed by atoms with Crippen LogP contribution < -0.4 is 0 Å². The molecule has 0 heterocycles. The van der Waals surface area contributed by atoms with E-state index < -0.39 is 0 Å². The van der Waals surface area contributed by atoms with Crippen LogP contribution in [0.25, 0.3) is 0 Å². The van der Waals surface area contributed by atoms with Crippen molar-refractivity contribution in [2.75, 3.05) is 0 Å². The molecule has 0 aliphatic heterocycles. The minimum absolute atomic E-state index is 0.189. The van der Waals surface area contributed by atoms with Crippen molar-refractivity contribution < 1.29 is 5.11 Å². The average molecular weight is 112 g/mol. The van der Waals surface area contributed by atoms with Gasteiger partial charge in [0.25, 0.3) is 0 Å². The van der Waals surface area contributed by atoms with Crippen molar-refractivity contribution in [2.45, 2.75) is 32.3 Å². The molecule has 0 saturated carbocycles. The molecule has 0 aliphatic carbocycles. The van der Waals surface area contributed by atoms with Crippen molar-refractivity contribution in [2.24, 2.45) is 0 Å². The van der Waals surface area contributed by atoms with Crippen molar-refractivity contribution in [3.63, 3.8) is 0 Å². The zero-order valence-corrected chi connectivity index (χ0v) is 5.22. The Bertz CT molecular complexity index is 80.9. The van der Waals surface area contributed by atoms with Crippen LogP contribution in [0.2, 0.25) is 0 Å². The predicted octanol–water partition coefficient (Wildman–Crippen LogP) is 1.17. The van der Waals surface area contributed by atoms with E-state index in [2.05, 4.69) is 5.92 Å². The van der Waals surface area contributed by atoms with Gasteiger partial charge < -0.3 is 5.11 Å². The van der Waals surface area contributed by atoms with Gasteiger partial charge in [0.05, 0.1) is 6.10 Å². The number of rotatable bonds is 3. The van der Waals surface area contributed by atoms with Gasteiger partial charge in [-0.25, -0.2) is 0 Å². The van der Waals surface area contributed by atoms with Crippen molar-refractivity contribution >= 4 is 0 Å². The van der Waals surface area contributed by atoms with E-state index >= 15 is 0 Å². The summed E-state index contributed by atoms with van der Waals surface area (Å²) >= 11 is 0. The quantitative estimate of drug-likeness (QED) is 0.543. The Morgan fingerprint density at radius 3 is 2.75 bits per heavy atom. The fraction of sp³-hybridized carbons (Fsp3) is 0.714. The van der Waals surface area contributed by atoms with E-state index in [1.807, 2.05) is 6.92 Å². The van der Waals surface area contributed by atoms with Crippen LogP contribution in [0.15, 0.2) is 0 Å². The third-order valence-corrected chi connectivity index (χ3v) is 1.09. The van der Waals surface area contributed by atoms with E-state index in [9.17, 15) is 0 Å². The van der Waals surface area contributed by atoms with Crippen LogP contribution in [0.4, 0.5) is 0 Å². The first-order chi connectivity index (χ1) is 3.81. The highest BCUT2D eigenvalue weighted by Crippen LogP contribution is 1.98. The molecule has 0 bridgehead atoms. The molecule has 0 rings (SSSR count). The standard InChI is InChI=1S/C7H12O/c1-3-5-6-7(8)4-2/h1,7-8H,4-6H2,2H3. The first-order valence-electron chi connectivity index (χ1n) is 2.92. The van der Waals surface area contributed by atoms with Crippen molar-refractivity contribution in [3.05, 3.63) is 0 Å². The summed E-state index contributed by atoms with van der Waals surface area (Å²) in [7, 11) is 0. The summed E-state index contributed by atoms with van der Waals surface area (Å²) in [6.07, 6.45) is 7.02. The van der Waals surface area contributed by atoms with Crippen molar-refractivity contribution in [3.8, 4) is 12.3 Å². The summed E-state index contributed by atoms with van der Waals surface area (Å²) in [5.41, 5.74) is 0. The van der Waals surface area contributed by atoms with Gasteiger partial charge in [0.15, 0.2) is 0 Å². The maximum Gasteiger partial charge on any atom is 0.0546 e. The fourth-order valence-electron chi connectivity index (χ4n) is 0.454. The maximum atomic E-state index is 8.89. The molecule has 1 atom stereocenters. The molecule has 1 unspecified atom stereocenters. The summed E-state index contributed by atoms with van der Waals surface area (Å²) in [5, 5.41) is 8.89. The molecule has 8 heavy (non-hydrogen) atoms. The Morgan fingerprint density at radius 2 is 2.38 bits per heavy atom. The smallest absolute Gasteiger partial charge is 0.0546 e. The van der Waals surface area contributed by atoms with E-state index in [0.29, 0.717) is 6.42 Å². The third-order valence-electron chi connectivity index (χ3n) is 1.09. The minimum Gasteiger partial charge on any atom is -0.393 e. The molecule has 1 N–H and O–H groups in total. The normalized spacial score (nSPS) is 12.6. The first-order valence-corrected chi connectivity index (χ1v) is 2.92. The molecule has 1 heteroatoms. The zero-order valence-electron chi connectivity index (χ0n) is 5.22. The van der Waals surface area contributed by atoms with Gasteiger partial charge in [-0.05, 0) is 12.8 Å². The second-order valence-corrected chi connectivity index (χ2v) is 1.80.